The summed E-state index contributed by atoms with van der Waals surface area (Å²) in [6.45, 7) is 9.54. The molecule has 1 aliphatic carbocycles. The quantitative estimate of drug-likeness (QED) is 0.546. The fourth-order valence-electron chi connectivity index (χ4n) is 2.80. The van der Waals surface area contributed by atoms with Crippen molar-refractivity contribution in [1.82, 2.24) is 0 Å². The molecule has 1 aliphatic rings. The second-order valence-corrected chi connectivity index (χ2v) is 6.10. The van der Waals surface area contributed by atoms with Crippen molar-refractivity contribution in [1.29, 1.82) is 0 Å². The Bertz CT molecular complexity index is 202. The Morgan fingerprint density at radius 3 is 2.44 bits per heavy atom. The van der Waals surface area contributed by atoms with Gasteiger partial charge in [0.25, 0.3) is 0 Å². The van der Waals surface area contributed by atoms with Gasteiger partial charge in [-0.25, -0.2) is 0 Å². The largest absolute Gasteiger partial charge is 0.0880 e. The van der Waals surface area contributed by atoms with Gasteiger partial charge >= 0.3 is 0 Å². The summed E-state index contributed by atoms with van der Waals surface area (Å²) in [4.78, 5) is 0. The summed E-state index contributed by atoms with van der Waals surface area (Å²) < 4.78 is 0. The second kappa shape index (κ2) is 7.14. The predicted molar refractivity (Wildman–Crippen MR) is 73.5 cm³/mol. The summed E-state index contributed by atoms with van der Waals surface area (Å²) >= 11 is 0. The van der Waals surface area contributed by atoms with E-state index in [1.54, 1.807) is 0 Å². The summed E-state index contributed by atoms with van der Waals surface area (Å²) in [7, 11) is 0. The van der Waals surface area contributed by atoms with E-state index in [2.05, 4.69) is 39.8 Å². The highest BCUT2D eigenvalue weighted by Crippen LogP contribution is 2.29. The molecular formula is C16H30. The first kappa shape index (κ1) is 13.8. The van der Waals surface area contributed by atoms with Crippen LogP contribution in [0, 0.1) is 23.7 Å². The highest BCUT2D eigenvalue weighted by Gasteiger charge is 2.17. The first-order valence-corrected chi connectivity index (χ1v) is 7.30. The molecule has 0 fully saturated rings. The average Bonchev–Trinajstić information content (AvgIpc) is 2.26. The lowest BCUT2D eigenvalue weighted by atomic mass is 9.81. The first-order chi connectivity index (χ1) is 7.63. The molecule has 0 saturated heterocycles. The van der Waals surface area contributed by atoms with E-state index in [-0.39, 0.29) is 0 Å². The molecule has 0 radical (unpaired) electrons. The Kier molecular flexibility index (Phi) is 6.16. The zero-order valence-electron chi connectivity index (χ0n) is 11.7. The van der Waals surface area contributed by atoms with Crippen molar-refractivity contribution in [3.05, 3.63) is 12.2 Å². The van der Waals surface area contributed by atoms with E-state index >= 15 is 0 Å². The minimum absolute atomic E-state index is 0.839. The van der Waals surface area contributed by atoms with Gasteiger partial charge in [-0.2, -0.15) is 0 Å². The van der Waals surface area contributed by atoms with Crippen LogP contribution in [0.1, 0.15) is 66.2 Å². The van der Waals surface area contributed by atoms with Crippen molar-refractivity contribution in [2.75, 3.05) is 0 Å². The van der Waals surface area contributed by atoms with Crippen LogP contribution in [0.3, 0.4) is 0 Å². The molecule has 0 heteroatoms. The molecule has 0 nitrogen and oxygen atoms in total. The van der Waals surface area contributed by atoms with Crippen LogP contribution in [-0.2, 0) is 0 Å². The zero-order chi connectivity index (χ0) is 12.0. The van der Waals surface area contributed by atoms with Gasteiger partial charge in [0, 0.05) is 0 Å². The van der Waals surface area contributed by atoms with E-state index in [1.807, 2.05) is 0 Å². The van der Waals surface area contributed by atoms with E-state index in [9.17, 15) is 0 Å². The molecular weight excluding hydrogens is 192 g/mol. The maximum Gasteiger partial charge on any atom is -0.0236 e. The Morgan fingerprint density at radius 2 is 1.81 bits per heavy atom. The minimum atomic E-state index is 0.839. The van der Waals surface area contributed by atoms with Gasteiger partial charge in [0.1, 0.15) is 0 Å². The van der Waals surface area contributed by atoms with Gasteiger partial charge in [0.05, 0.1) is 0 Å². The van der Waals surface area contributed by atoms with E-state index in [0.29, 0.717) is 0 Å². The van der Waals surface area contributed by atoms with E-state index in [1.165, 1.54) is 38.5 Å². The maximum absolute atomic E-state index is 2.49. The maximum atomic E-state index is 2.49. The van der Waals surface area contributed by atoms with Crippen LogP contribution in [0.5, 0.6) is 0 Å². The van der Waals surface area contributed by atoms with Gasteiger partial charge in [-0.15, -0.1) is 0 Å². The molecule has 0 aromatic rings. The lowest BCUT2D eigenvalue weighted by molar-refractivity contribution is 0.286. The summed E-state index contributed by atoms with van der Waals surface area (Å²) in [5.74, 6) is 3.55. The van der Waals surface area contributed by atoms with Gasteiger partial charge in [0.15, 0.2) is 0 Å². The summed E-state index contributed by atoms with van der Waals surface area (Å²) in [6.07, 6.45) is 13.2. The summed E-state index contributed by atoms with van der Waals surface area (Å²) in [6, 6.07) is 0. The van der Waals surface area contributed by atoms with Crippen LogP contribution in [0.25, 0.3) is 0 Å². The lowest BCUT2D eigenvalue weighted by Crippen LogP contribution is -2.13. The van der Waals surface area contributed by atoms with E-state index in [4.69, 9.17) is 0 Å². The fourth-order valence-corrected chi connectivity index (χ4v) is 2.80. The number of hydrogen-bond acceptors (Lipinski definition) is 0. The Morgan fingerprint density at radius 1 is 1.12 bits per heavy atom. The van der Waals surface area contributed by atoms with Crippen molar-refractivity contribution in [2.45, 2.75) is 66.2 Å². The summed E-state index contributed by atoms with van der Waals surface area (Å²) in [5.41, 5.74) is 0. The zero-order valence-corrected chi connectivity index (χ0v) is 11.7. The average molecular weight is 222 g/mol. The Balaban J connectivity index is 2.59. The molecule has 0 saturated carbocycles. The third kappa shape index (κ3) is 4.72. The van der Waals surface area contributed by atoms with Gasteiger partial charge in [-0.05, 0) is 55.8 Å². The van der Waals surface area contributed by atoms with Gasteiger partial charge < -0.3 is 0 Å². The third-order valence-electron chi connectivity index (χ3n) is 4.35. The molecule has 0 spiro atoms. The molecule has 0 heterocycles. The lowest BCUT2D eigenvalue weighted by Gasteiger charge is -2.25. The van der Waals surface area contributed by atoms with Crippen molar-refractivity contribution < 1.29 is 0 Å². The van der Waals surface area contributed by atoms with Gasteiger partial charge in [-0.3, -0.25) is 0 Å². The molecule has 0 amide bonds. The van der Waals surface area contributed by atoms with Crippen LogP contribution in [0.4, 0.5) is 0 Å². The topological polar surface area (TPSA) is 0 Å². The van der Waals surface area contributed by atoms with Crippen molar-refractivity contribution >= 4 is 0 Å². The first-order valence-electron chi connectivity index (χ1n) is 7.30. The Hall–Kier alpha value is -0.260. The number of rotatable bonds is 2. The van der Waals surface area contributed by atoms with Crippen LogP contribution >= 0.6 is 0 Å². The predicted octanol–water partition coefficient (Wildman–Crippen LogP) is 5.44. The van der Waals surface area contributed by atoms with Crippen molar-refractivity contribution in [3.8, 4) is 0 Å². The molecule has 0 N–H and O–H groups in total. The molecule has 0 bridgehead atoms. The van der Waals surface area contributed by atoms with E-state index in [0.717, 1.165) is 23.7 Å². The third-order valence-corrected chi connectivity index (χ3v) is 4.35. The molecule has 0 aromatic carbocycles. The molecule has 0 aromatic heterocycles. The van der Waals surface area contributed by atoms with Crippen molar-refractivity contribution in [2.24, 2.45) is 23.7 Å². The normalized spacial score (nSPS) is 34.9. The second-order valence-electron chi connectivity index (χ2n) is 6.10. The monoisotopic (exact) mass is 222 g/mol. The van der Waals surface area contributed by atoms with Crippen LogP contribution in [0.15, 0.2) is 12.2 Å². The highest BCUT2D eigenvalue weighted by atomic mass is 14.2. The smallest absolute Gasteiger partial charge is 0.0236 e. The van der Waals surface area contributed by atoms with Gasteiger partial charge in [-0.1, -0.05) is 46.3 Å². The van der Waals surface area contributed by atoms with Crippen LogP contribution < -0.4 is 0 Å². The number of hydrogen-bond donors (Lipinski definition) is 0. The molecule has 94 valence electrons. The van der Waals surface area contributed by atoms with Crippen LogP contribution in [0.2, 0.25) is 0 Å². The fraction of sp³-hybridized carbons (Fsp3) is 0.875. The standard InChI is InChI=1S/C16H30/c1-5-15-8-6-7-14(4)9-11-16(12-10-15)13(2)3/h6,8,13-16H,5,7,9-12H2,1-4H3/b8-6+/t14-,15+,16-/m0/s1. The SMILES string of the molecule is CC[C@@H]1/C=C/C[C@H](C)CC[C@H](C(C)C)CC1. The molecule has 0 unspecified atom stereocenters. The van der Waals surface area contributed by atoms with Crippen LogP contribution in [-0.4, -0.2) is 0 Å². The molecule has 1 rings (SSSR count). The molecule has 0 aliphatic heterocycles. The number of allylic oxidation sites excluding steroid dienone is 2. The molecule has 3 atom stereocenters. The van der Waals surface area contributed by atoms with E-state index < -0.39 is 0 Å². The Labute approximate surface area is 103 Å². The van der Waals surface area contributed by atoms with Crippen molar-refractivity contribution in [3.63, 3.8) is 0 Å². The molecule has 16 heavy (non-hydrogen) atoms. The summed E-state index contributed by atoms with van der Waals surface area (Å²) in [5, 5.41) is 0. The highest BCUT2D eigenvalue weighted by molar-refractivity contribution is 4.90. The minimum Gasteiger partial charge on any atom is -0.0880 e. The van der Waals surface area contributed by atoms with Gasteiger partial charge in [0.2, 0.25) is 0 Å².